The van der Waals surface area contributed by atoms with Gasteiger partial charge in [-0.3, -0.25) is 9.59 Å². The summed E-state index contributed by atoms with van der Waals surface area (Å²) < 4.78 is 26.8. The highest BCUT2D eigenvalue weighted by molar-refractivity contribution is 7.92. The van der Waals surface area contributed by atoms with Gasteiger partial charge in [0.15, 0.2) is 9.84 Å². The maximum Gasteiger partial charge on any atom is 0.259 e. The first-order chi connectivity index (χ1) is 13.6. The molecule has 0 unspecified atom stereocenters. The van der Waals surface area contributed by atoms with E-state index in [9.17, 15) is 18.0 Å². The van der Waals surface area contributed by atoms with Crippen molar-refractivity contribution in [2.24, 2.45) is 5.92 Å². The zero-order valence-corrected chi connectivity index (χ0v) is 18.3. The lowest BCUT2D eigenvalue weighted by Gasteiger charge is -2.32. The molecule has 2 aromatic rings. The van der Waals surface area contributed by atoms with Crippen molar-refractivity contribution in [1.29, 1.82) is 0 Å². The number of fused-ring (bicyclic) bond motifs is 1. The van der Waals surface area contributed by atoms with Crippen molar-refractivity contribution in [3.63, 3.8) is 0 Å². The number of hydrogen-bond donors (Lipinski definition) is 0. The van der Waals surface area contributed by atoms with Crippen LogP contribution in [0, 0.1) is 12.8 Å². The summed E-state index contributed by atoms with van der Waals surface area (Å²) in [4.78, 5) is 32.1. The first-order valence-electron chi connectivity index (χ1n) is 10.2. The largest absolute Gasteiger partial charge is 0.338 e. The summed E-state index contributed by atoms with van der Waals surface area (Å²) in [6, 6.07) is 3.48. The number of rotatable bonds is 5. The second-order valence-electron chi connectivity index (χ2n) is 8.20. The highest BCUT2D eigenvalue weighted by Gasteiger charge is 2.33. The summed E-state index contributed by atoms with van der Waals surface area (Å²) in [5.41, 5.74) is 1.18. The van der Waals surface area contributed by atoms with E-state index in [-0.39, 0.29) is 28.6 Å². The monoisotopic (exact) mass is 419 g/mol. The molecule has 0 saturated carbocycles. The number of amides is 1. The molecule has 7 nitrogen and oxygen atoms in total. The first kappa shape index (κ1) is 21.5. The Morgan fingerprint density at radius 2 is 1.90 bits per heavy atom. The lowest BCUT2D eigenvalue weighted by molar-refractivity contribution is 0.0723. The fourth-order valence-electron chi connectivity index (χ4n) is 3.94. The number of nitrogens with zero attached hydrogens (tertiary/aromatic N) is 3. The quantitative estimate of drug-likeness (QED) is 0.742. The standard InChI is InChI=1S/C21H29N3O4S/c1-5-23-12-18(19(25)17-7-6-15(4)22-20(17)23)21(26)24-10-8-16(9-11-24)29(27,28)13-14(2)3/h6-7,12,14,16H,5,8-11,13H2,1-4H3. The van der Waals surface area contributed by atoms with E-state index in [0.29, 0.717) is 43.5 Å². The molecule has 8 heteroatoms. The van der Waals surface area contributed by atoms with Crippen LogP contribution in [0.3, 0.4) is 0 Å². The lowest BCUT2D eigenvalue weighted by Crippen LogP contribution is -2.44. The highest BCUT2D eigenvalue weighted by Crippen LogP contribution is 2.22. The maximum atomic E-state index is 13.1. The van der Waals surface area contributed by atoms with Gasteiger partial charge in [-0.1, -0.05) is 13.8 Å². The number of likely N-dealkylation sites (tertiary alicyclic amines) is 1. The summed E-state index contributed by atoms with van der Waals surface area (Å²) >= 11 is 0. The molecule has 3 heterocycles. The SMILES string of the molecule is CCn1cc(C(=O)N2CCC(S(=O)(=O)CC(C)C)CC2)c(=O)c2ccc(C)nc21. The Balaban J connectivity index is 1.85. The van der Waals surface area contributed by atoms with E-state index in [4.69, 9.17) is 0 Å². The van der Waals surface area contributed by atoms with Crippen LogP contribution in [0.2, 0.25) is 0 Å². The number of aryl methyl sites for hydroxylation is 2. The minimum absolute atomic E-state index is 0.0852. The second kappa shape index (κ2) is 8.26. The second-order valence-corrected chi connectivity index (χ2v) is 10.5. The Labute approximate surface area is 171 Å². The van der Waals surface area contributed by atoms with E-state index in [1.807, 2.05) is 32.3 Å². The first-order valence-corrected chi connectivity index (χ1v) is 11.9. The number of carbonyl (C=O) groups is 1. The van der Waals surface area contributed by atoms with Crippen LogP contribution in [-0.2, 0) is 16.4 Å². The lowest BCUT2D eigenvalue weighted by atomic mass is 10.1. The average Bonchev–Trinajstić information content (AvgIpc) is 2.67. The average molecular weight is 420 g/mol. The molecule has 3 rings (SSSR count). The summed E-state index contributed by atoms with van der Waals surface area (Å²) in [5, 5.41) is 0.0164. The molecule has 0 N–H and O–H groups in total. The van der Waals surface area contributed by atoms with Crippen LogP contribution in [-0.4, -0.2) is 52.9 Å². The Hall–Kier alpha value is -2.22. The molecular formula is C21H29N3O4S. The van der Waals surface area contributed by atoms with Gasteiger partial charge in [-0.05, 0) is 44.7 Å². The number of pyridine rings is 2. The van der Waals surface area contributed by atoms with Gasteiger partial charge in [-0.15, -0.1) is 0 Å². The van der Waals surface area contributed by atoms with Crippen LogP contribution in [0.4, 0.5) is 0 Å². The third-order valence-electron chi connectivity index (χ3n) is 5.43. The zero-order valence-electron chi connectivity index (χ0n) is 17.5. The van der Waals surface area contributed by atoms with Crippen LogP contribution in [0.25, 0.3) is 11.0 Å². The molecule has 29 heavy (non-hydrogen) atoms. The van der Waals surface area contributed by atoms with E-state index in [1.54, 1.807) is 23.2 Å². The molecule has 0 bridgehead atoms. The molecule has 0 aliphatic carbocycles. The highest BCUT2D eigenvalue weighted by atomic mass is 32.2. The van der Waals surface area contributed by atoms with E-state index in [2.05, 4.69) is 4.98 Å². The van der Waals surface area contributed by atoms with E-state index >= 15 is 0 Å². The van der Waals surface area contributed by atoms with E-state index in [0.717, 1.165) is 5.69 Å². The molecule has 1 amide bonds. The number of piperidine rings is 1. The minimum atomic E-state index is -3.16. The number of hydrogen-bond acceptors (Lipinski definition) is 5. The molecule has 158 valence electrons. The molecule has 2 aromatic heterocycles. The predicted molar refractivity (Wildman–Crippen MR) is 114 cm³/mol. The normalized spacial score (nSPS) is 16.0. The van der Waals surface area contributed by atoms with Gasteiger partial charge in [0.25, 0.3) is 5.91 Å². The van der Waals surface area contributed by atoms with Crippen molar-refractivity contribution in [3.05, 3.63) is 39.8 Å². The third-order valence-corrected chi connectivity index (χ3v) is 8.05. The molecule has 1 fully saturated rings. The zero-order chi connectivity index (χ0) is 21.3. The molecule has 1 aliphatic rings. The fraction of sp³-hybridized carbons (Fsp3) is 0.571. The van der Waals surface area contributed by atoms with Gasteiger partial charge in [0.05, 0.1) is 16.4 Å². The maximum absolute atomic E-state index is 13.1. The Morgan fingerprint density at radius 3 is 2.48 bits per heavy atom. The smallest absolute Gasteiger partial charge is 0.259 e. The third kappa shape index (κ3) is 4.37. The van der Waals surface area contributed by atoms with Gasteiger partial charge in [0.2, 0.25) is 5.43 Å². The summed E-state index contributed by atoms with van der Waals surface area (Å²) in [5.74, 6) is -0.0782. The van der Waals surface area contributed by atoms with Gasteiger partial charge in [0.1, 0.15) is 11.2 Å². The van der Waals surface area contributed by atoms with Gasteiger partial charge in [0, 0.05) is 31.5 Å². The van der Waals surface area contributed by atoms with Crippen molar-refractivity contribution in [3.8, 4) is 0 Å². The van der Waals surface area contributed by atoms with Gasteiger partial charge >= 0.3 is 0 Å². The Bertz CT molecular complexity index is 1080. The predicted octanol–water partition coefficient (Wildman–Crippen LogP) is 2.40. The van der Waals surface area contributed by atoms with Crippen molar-refractivity contribution >= 4 is 26.8 Å². The molecule has 1 saturated heterocycles. The van der Waals surface area contributed by atoms with Crippen LogP contribution < -0.4 is 5.43 Å². The van der Waals surface area contributed by atoms with Gasteiger partial charge < -0.3 is 9.47 Å². The molecule has 0 radical (unpaired) electrons. The number of carbonyl (C=O) groups excluding carboxylic acids is 1. The molecule has 0 aromatic carbocycles. The van der Waals surface area contributed by atoms with Crippen molar-refractivity contribution in [1.82, 2.24) is 14.5 Å². The number of aromatic nitrogens is 2. The van der Waals surface area contributed by atoms with Crippen LogP contribution >= 0.6 is 0 Å². The summed E-state index contributed by atoms with van der Waals surface area (Å²) in [7, 11) is -3.16. The number of sulfone groups is 1. The van der Waals surface area contributed by atoms with Crippen LogP contribution in [0.1, 0.15) is 49.7 Å². The van der Waals surface area contributed by atoms with Crippen molar-refractivity contribution in [2.45, 2.75) is 52.3 Å². The van der Waals surface area contributed by atoms with E-state index in [1.165, 1.54) is 0 Å². The fourth-order valence-corrected chi connectivity index (χ4v) is 6.07. The van der Waals surface area contributed by atoms with Gasteiger partial charge in [-0.2, -0.15) is 0 Å². The molecular weight excluding hydrogens is 390 g/mol. The van der Waals surface area contributed by atoms with Gasteiger partial charge in [-0.25, -0.2) is 13.4 Å². The topological polar surface area (TPSA) is 89.3 Å². The molecule has 0 atom stereocenters. The van der Waals surface area contributed by atoms with Crippen molar-refractivity contribution in [2.75, 3.05) is 18.8 Å². The Morgan fingerprint density at radius 1 is 1.24 bits per heavy atom. The molecule has 0 spiro atoms. The van der Waals surface area contributed by atoms with Crippen LogP contribution in [0.5, 0.6) is 0 Å². The summed E-state index contributed by atoms with van der Waals surface area (Å²) in [6.07, 6.45) is 2.41. The van der Waals surface area contributed by atoms with Crippen LogP contribution in [0.15, 0.2) is 23.1 Å². The summed E-state index contributed by atoms with van der Waals surface area (Å²) in [6.45, 7) is 8.86. The molecule has 1 aliphatic heterocycles. The Kier molecular flexibility index (Phi) is 6.12. The van der Waals surface area contributed by atoms with Crippen molar-refractivity contribution < 1.29 is 13.2 Å². The van der Waals surface area contributed by atoms with E-state index < -0.39 is 15.1 Å². The minimum Gasteiger partial charge on any atom is -0.338 e.